The molecule has 1 aliphatic rings. The highest BCUT2D eigenvalue weighted by atomic mass is 32.2. The van der Waals surface area contributed by atoms with Crippen LogP contribution in [-0.4, -0.2) is 32.5 Å². The summed E-state index contributed by atoms with van der Waals surface area (Å²) >= 11 is 1.86. The zero-order valence-corrected chi connectivity index (χ0v) is 15.1. The largest absolute Gasteiger partial charge is 0.352 e. The van der Waals surface area contributed by atoms with E-state index < -0.39 is 0 Å². The highest BCUT2D eigenvalue weighted by molar-refractivity contribution is 8.00. The van der Waals surface area contributed by atoms with Gasteiger partial charge in [0.2, 0.25) is 0 Å². The third kappa shape index (κ3) is 4.17. The monoisotopic (exact) mass is 344 g/mol. The number of hydrogen-bond acceptors (Lipinski definition) is 4. The molecule has 1 aromatic heterocycles. The van der Waals surface area contributed by atoms with Gasteiger partial charge in [0.1, 0.15) is 12.2 Å². The Morgan fingerprint density at radius 1 is 1.38 bits per heavy atom. The van der Waals surface area contributed by atoms with E-state index in [0.717, 1.165) is 21.8 Å². The van der Waals surface area contributed by atoms with E-state index in [4.69, 9.17) is 0 Å². The predicted molar refractivity (Wildman–Crippen MR) is 96.3 cm³/mol. The fourth-order valence-corrected chi connectivity index (χ4v) is 4.38. The zero-order chi connectivity index (χ0) is 16.9. The number of nitrogens with one attached hydrogen (secondary N) is 1. The van der Waals surface area contributed by atoms with Crippen molar-refractivity contribution in [2.75, 3.05) is 6.54 Å². The average Bonchev–Trinajstić information content (AvgIpc) is 3.21. The molecule has 0 saturated heterocycles. The highest BCUT2D eigenvalue weighted by Gasteiger charge is 2.20. The van der Waals surface area contributed by atoms with Crippen molar-refractivity contribution in [1.29, 1.82) is 0 Å². The first-order chi connectivity index (χ1) is 11.6. The zero-order valence-electron chi connectivity index (χ0n) is 14.3. The van der Waals surface area contributed by atoms with E-state index >= 15 is 0 Å². The molecule has 2 aromatic rings. The van der Waals surface area contributed by atoms with Gasteiger partial charge in [0.15, 0.2) is 0 Å². The first kappa shape index (κ1) is 17.0. The maximum Gasteiger partial charge on any atom is 0.252 e. The summed E-state index contributed by atoms with van der Waals surface area (Å²) in [6.45, 7) is 2.59. The number of aryl methyl sites for hydroxylation is 2. The van der Waals surface area contributed by atoms with Gasteiger partial charge < -0.3 is 9.88 Å². The van der Waals surface area contributed by atoms with Crippen LogP contribution in [0.2, 0.25) is 0 Å². The number of benzene rings is 1. The number of carbonyl (C=O) groups is 1. The van der Waals surface area contributed by atoms with Crippen molar-refractivity contribution in [2.24, 2.45) is 7.05 Å². The Morgan fingerprint density at radius 2 is 2.17 bits per heavy atom. The Morgan fingerprint density at radius 3 is 2.88 bits per heavy atom. The van der Waals surface area contributed by atoms with Gasteiger partial charge in [-0.3, -0.25) is 4.79 Å². The summed E-state index contributed by atoms with van der Waals surface area (Å²) in [5.41, 5.74) is 1.91. The molecule has 1 aromatic carbocycles. The first-order valence-electron chi connectivity index (χ1n) is 8.52. The van der Waals surface area contributed by atoms with Crippen molar-refractivity contribution in [1.82, 2.24) is 20.1 Å². The van der Waals surface area contributed by atoms with Crippen molar-refractivity contribution in [3.63, 3.8) is 0 Å². The molecule has 1 heterocycles. The van der Waals surface area contributed by atoms with Crippen molar-refractivity contribution in [2.45, 2.75) is 49.2 Å². The van der Waals surface area contributed by atoms with E-state index in [1.807, 2.05) is 36.4 Å². The van der Waals surface area contributed by atoms with Crippen molar-refractivity contribution in [3.8, 4) is 0 Å². The molecule has 1 fully saturated rings. The SMILES string of the molecule is Cc1ccc(SC2CCCC2)c(C(=O)NCCc2nncn2C)c1. The standard InChI is InChI=1S/C18H24N4OS/c1-13-7-8-16(24-14-5-3-4-6-14)15(11-13)18(23)19-10-9-17-21-20-12-22(17)2/h7-8,11-12,14H,3-6,9-10H2,1-2H3,(H,19,23). The molecule has 0 atom stereocenters. The molecule has 0 bridgehead atoms. The number of rotatable bonds is 6. The normalized spacial score (nSPS) is 14.9. The van der Waals surface area contributed by atoms with E-state index in [2.05, 4.69) is 27.6 Å². The van der Waals surface area contributed by atoms with Crippen LogP contribution < -0.4 is 5.32 Å². The van der Waals surface area contributed by atoms with E-state index in [0.29, 0.717) is 18.2 Å². The van der Waals surface area contributed by atoms with Crippen LogP contribution in [0.1, 0.15) is 47.4 Å². The van der Waals surface area contributed by atoms with Gasteiger partial charge >= 0.3 is 0 Å². The van der Waals surface area contributed by atoms with Crippen LogP contribution in [0.15, 0.2) is 29.4 Å². The molecule has 6 heteroatoms. The van der Waals surface area contributed by atoms with Crippen LogP contribution in [0.25, 0.3) is 0 Å². The molecule has 0 spiro atoms. The number of amides is 1. The molecule has 24 heavy (non-hydrogen) atoms. The molecule has 1 N–H and O–H groups in total. The third-order valence-corrected chi connectivity index (χ3v) is 5.83. The Labute approximate surface area is 147 Å². The van der Waals surface area contributed by atoms with Crippen LogP contribution in [-0.2, 0) is 13.5 Å². The summed E-state index contributed by atoms with van der Waals surface area (Å²) in [7, 11) is 1.91. The molecular weight excluding hydrogens is 320 g/mol. The van der Waals surface area contributed by atoms with E-state index in [9.17, 15) is 4.79 Å². The fourth-order valence-electron chi connectivity index (χ4n) is 3.03. The van der Waals surface area contributed by atoms with Gasteiger partial charge in [0, 0.05) is 30.2 Å². The molecule has 0 unspecified atom stereocenters. The summed E-state index contributed by atoms with van der Waals surface area (Å²) in [5, 5.41) is 11.6. The number of nitrogens with zero attached hydrogens (tertiary/aromatic N) is 3. The molecular formula is C18H24N4OS. The maximum absolute atomic E-state index is 12.6. The maximum atomic E-state index is 12.6. The molecule has 5 nitrogen and oxygen atoms in total. The van der Waals surface area contributed by atoms with Gasteiger partial charge in [-0.25, -0.2) is 0 Å². The summed E-state index contributed by atoms with van der Waals surface area (Å²) in [6, 6.07) is 6.18. The summed E-state index contributed by atoms with van der Waals surface area (Å²) in [5.74, 6) is 0.876. The lowest BCUT2D eigenvalue weighted by atomic mass is 10.1. The van der Waals surface area contributed by atoms with Crippen LogP contribution in [0.5, 0.6) is 0 Å². The third-order valence-electron chi connectivity index (χ3n) is 4.41. The van der Waals surface area contributed by atoms with Crippen LogP contribution >= 0.6 is 11.8 Å². The summed E-state index contributed by atoms with van der Waals surface area (Å²) in [4.78, 5) is 13.7. The molecule has 1 aliphatic carbocycles. The minimum Gasteiger partial charge on any atom is -0.352 e. The second-order valence-electron chi connectivity index (χ2n) is 6.39. The lowest BCUT2D eigenvalue weighted by Crippen LogP contribution is -2.27. The number of hydrogen-bond donors (Lipinski definition) is 1. The van der Waals surface area contributed by atoms with E-state index in [1.165, 1.54) is 25.7 Å². The van der Waals surface area contributed by atoms with Gasteiger partial charge in [-0.1, -0.05) is 24.5 Å². The molecule has 1 amide bonds. The van der Waals surface area contributed by atoms with Gasteiger partial charge in [0.25, 0.3) is 5.91 Å². The Bertz CT molecular complexity index is 707. The minimum absolute atomic E-state index is 0.00126. The van der Waals surface area contributed by atoms with Crippen molar-refractivity contribution >= 4 is 17.7 Å². The molecule has 0 radical (unpaired) electrons. The smallest absolute Gasteiger partial charge is 0.252 e. The lowest BCUT2D eigenvalue weighted by molar-refractivity contribution is 0.0951. The van der Waals surface area contributed by atoms with Gasteiger partial charge in [-0.05, 0) is 31.9 Å². The minimum atomic E-state index is 0.00126. The second-order valence-corrected chi connectivity index (χ2v) is 7.73. The van der Waals surface area contributed by atoms with Crippen LogP contribution in [0, 0.1) is 6.92 Å². The number of carbonyl (C=O) groups excluding carboxylic acids is 1. The van der Waals surface area contributed by atoms with Crippen molar-refractivity contribution < 1.29 is 4.79 Å². The van der Waals surface area contributed by atoms with E-state index in [1.54, 1.807) is 6.33 Å². The average molecular weight is 344 g/mol. The predicted octanol–water partition coefficient (Wildman–Crippen LogP) is 3.13. The van der Waals surface area contributed by atoms with Crippen LogP contribution in [0.4, 0.5) is 0 Å². The Kier molecular flexibility index (Phi) is 5.56. The van der Waals surface area contributed by atoms with E-state index in [-0.39, 0.29) is 5.91 Å². The molecule has 0 aliphatic heterocycles. The highest BCUT2D eigenvalue weighted by Crippen LogP contribution is 2.36. The Hall–Kier alpha value is -1.82. The first-order valence-corrected chi connectivity index (χ1v) is 9.40. The quantitative estimate of drug-likeness (QED) is 0.874. The number of aromatic nitrogens is 3. The lowest BCUT2D eigenvalue weighted by Gasteiger charge is -2.14. The van der Waals surface area contributed by atoms with Gasteiger partial charge in [-0.15, -0.1) is 22.0 Å². The molecule has 1 saturated carbocycles. The summed E-state index contributed by atoms with van der Waals surface area (Å²) in [6.07, 6.45) is 7.48. The Balaban J connectivity index is 1.64. The van der Waals surface area contributed by atoms with Crippen LogP contribution in [0.3, 0.4) is 0 Å². The fraction of sp³-hybridized carbons (Fsp3) is 0.500. The van der Waals surface area contributed by atoms with Gasteiger partial charge in [0.05, 0.1) is 5.56 Å². The number of thioether (sulfide) groups is 1. The van der Waals surface area contributed by atoms with Gasteiger partial charge in [-0.2, -0.15) is 0 Å². The molecule has 128 valence electrons. The molecule has 3 rings (SSSR count). The van der Waals surface area contributed by atoms with Crippen molar-refractivity contribution in [3.05, 3.63) is 41.5 Å². The topological polar surface area (TPSA) is 59.8 Å². The summed E-state index contributed by atoms with van der Waals surface area (Å²) < 4.78 is 1.88. The second kappa shape index (κ2) is 7.83.